The number of hydrogen-bond acceptors (Lipinski definition) is 3. The first-order valence-electron chi connectivity index (χ1n) is 2.17. The second kappa shape index (κ2) is 2.00. The Morgan fingerprint density at radius 3 is 2.71 bits per heavy atom. The summed E-state index contributed by atoms with van der Waals surface area (Å²) < 4.78 is 10.5. The Bertz CT molecular complexity index is 62.0. The lowest BCUT2D eigenvalue weighted by Crippen LogP contribution is -2.36. The largest absolute Gasteiger partial charge is 0.614 e. The van der Waals surface area contributed by atoms with Gasteiger partial charge in [0, 0.05) is 6.54 Å². The van der Waals surface area contributed by atoms with Gasteiger partial charge in [-0.15, -0.1) is 0 Å². The molecule has 4 heteroatoms. The van der Waals surface area contributed by atoms with Crippen LogP contribution in [0.3, 0.4) is 0 Å². The lowest BCUT2D eigenvalue weighted by Gasteiger charge is -2.05. The average Bonchev–Trinajstić information content (AvgIpc) is 1.91. The van der Waals surface area contributed by atoms with Gasteiger partial charge in [0.25, 0.3) is 0 Å². The Hall–Kier alpha value is 0.230. The van der Waals surface area contributed by atoms with Crippen LogP contribution in [0.4, 0.5) is 0 Å². The third-order valence-electron chi connectivity index (χ3n) is 0.932. The molecule has 7 heavy (non-hydrogen) atoms. The molecule has 2 unspecified atom stereocenters. The first-order valence-corrected chi connectivity index (χ1v) is 3.55. The van der Waals surface area contributed by atoms with Crippen molar-refractivity contribution in [2.75, 3.05) is 12.3 Å². The molecule has 1 heterocycles. The molecule has 3 N–H and O–H groups in total. The molecule has 0 aromatic carbocycles. The van der Waals surface area contributed by atoms with Gasteiger partial charge in [0.15, 0.2) is 0 Å². The molecule has 42 valence electrons. The normalized spacial score (nSPS) is 42.0. The topological polar surface area (TPSA) is 61.1 Å². The van der Waals surface area contributed by atoms with Gasteiger partial charge in [0.1, 0.15) is 5.75 Å². The van der Waals surface area contributed by atoms with Gasteiger partial charge in [-0.3, -0.25) is 11.1 Å². The third kappa shape index (κ3) is 1.07. The van der Waals surface area contributed by atoms with E-state index >= 15 is 0 Å². The summed E-state index contributed by atoms with van der Waals surface area (Å²) in [5.74, 6) is 0.709. The third-order valence-corrected chi connectivity index (χ3v) is 2.27. The van der Waals surface area contributed by atoms with Crippen LogP contribution in [0.1, 0.15) is 0 Å². The number of nitrogens with two attached hydrogens (primary N) is 1. The highest BCUT2D eigenvalue weighted by Crippen LogP contribution is 1.98. The van der Waals surface area contributed by atoms with Gasteiger partial charge in [-0.05, 0) is 11.2 Å². The molecule has 1 rings (SSSR count). The highest BCUT2D eigenvalue weighted by Gasteiger charge is 2.22. The van der Waals surface area contributed by atoms with Crippen molar-refractivity contribution < 1.29 is 4.55 Å². The molecule has 0 amide bonds. The van der Waals surface area contributed by atoms with Crippen LogP contribution >= 0.6 is 0 Å². The zero-order chi connectivity index (χ0) is 5.28. The molecule has 0 radical (unpaired) electrons. The molecule has 3 nitrogen and oxygen atoms in total. The summed E-state index contributed by atoms with van der Waals surface area (Å²) in [5.41, 5.74) is 5.00. The first kappa shape index (κ1) is 5.37. The minimum Gasteiger partial charge on any atom is -0.614 e. The summed E-state index contributed by atoms with van der Waals surface area (Å²) >= 11 is -0.801. The summed E-state index contributed by atoms with van der Waals surface area (Å²) in [6, 6.07) is 0. The van der Waals surface area contributed by atoms with Crippen LogP contribution in [-0.4, -0.2) is 22.3 Å². The first-order chi connectivity index (χ1) is 3.30. The Kier molecular flexibility index (Phi) is 1.53. The molecule has 0 aromatic rings. The van der Waals surface area contributed by atoms with Crippen molar-refractivity contribution in [1.29, 1.82) is 0 Å². The van der Waals surface area contributed by atoms with Crippen molar-refractivity contribution in [2.24, 2.45) is 5.73 Å². The number of nitrogens with one attached hydrogen (secondary N) is 1. The van der Waals surface area contributed by atoms with Crippen LogP contribution in [0.25, 0.3) is 0 Å². The molecule has 0 aliphatic carbocycles. The minimum absolute atomic E-state index is 0.264. The molecular weight excluding hydrogens is 112 g/mol. The van der Waals surface area contributed by atoms with Crippen LogP contribution in [0, 0.1) is 0 Å². The van der Waals surface area contributed by atoms with Crippen LogP contribution < -0.4 is 11.1 Å². The average molecular weight is 120 g/mol. The maximum absolute atomic E-state index is 10.5. The smallest absolute Gasteiger partial charge is 0.220 e. The van der Waals surface area contributed by atoms with E-state index in [-0.39, 0.29) is 5.50 Å². The van der Waals surface area contributed by atoms with Gasteiger partial charge in [-0.2, -0.15) is 0 Å². The van der Waals surface area contributed by atoms with Gasteiger partial charge in [0.05, 0.1) is 0 Å². The standard InChI is InChI=1S/C3H8N2OS/c4-3-5-1-2-7(3)6/h3,5H,1-2,4H2. The second-order valence-electron chi connectivity index (χ2n) is 1.46. The fourth-order valence-corrected chi connectivity index (χ4v) is 1.40. The van der Waals surface area contributed by atoms with Crippen LogP contribution in [0.2, 0.25) is 0 Å². The Morgan fingerprint density at radius 1 is 1.86 bits per heavy atom. The van der Waals surface area contributed by atoms with E-state index in [1.54, 1.807) is 0 Å². The number of hydrogen-bond donors (Lipinski definition) is 2. The SMILES string of the molecule is NC1NCC[S+]1[O-]. The molecule has 1 fully saturated rings. The summed E-state index contributed by atoms with van der Waals surface area (Å²) in [6.45, 7) is 0.799. The molecule has 2 atom stereocenters. The fraction of sp³-hybridized carbons (Fsp3) is 1.00. The maximum Gasteiger partial charge on any atom is 0.220 e. The van der Waals surface area contributed by atoms with Gasteiger partial charge in [0.2, 0.25) is 5.50 Å². The van der Waals surface area contributed by atoms with Crippen molar-refractivity contribution >= 4 is 11.2 Å². The predicted octanol–water partition coefficient (Wildman–Crippen LogP) is -1.42. The molecule has 1 saturated heterocycles. The lowest BCUT2D eigenvalue weighted by atomic mass is 10.8. The van der Waals surface area contributed by atoms with E-state index in [4.69, 9.17) is 5.73 Å². The van der Waals surface area contributed by atoms with E-state index in [1.165, 1.54) is 0 Å². The van der Waals surface area contributed by atoms with Gasteiger partial charge in [-0.1, -0.05) is 0 Å². The van der Waals surface area contributed by atoms with Crippen molar-refractivity contribution in [3.63, 3.8) is 0 Å². The van der Waals surface area contributed by atoms with Crippen LogP contribution in [0.15, 0.2) is 0 Å². The van der Waals surface area contributed by atoms with Crippen molar-refractivity contribution in [1.82, 2.24) is 5.32 Å². The van der Waals surface area contributed by atoms with Crippen molar-refractivity contribution in [3.8, 4) is 0 Å². The van der Waals surface area contributed by atoms with Gasteiger partial charge < -0.3 is 4.55 Å². The zero-order valence-electron chi connectivity index (χ0n) is 3.89. The lowest BCUT2D eigenvalue weighted by molar-refractivity contribution is 0.584. The molecular formula is C3H8N2OS. The summed E-state index contributed by atoms with van der Waals surface area (Å²) in [6.07, 6.45) is 0. The summed E-state index contributed by atoms with van der Waals surface area (Å²) in [7, 11) is 0. The van der Waals surface area contributed by atoms with Gasteiger partial charge >= 0.3 is 0 Å². The molecule has 0 saturated carbocycles. The molecule has 0 bridgehead atoms. The zero-order valence-corrected chi connectivity index (χ0v) is 4.70. The van der Waals surface area contributed by atoms with E-state index in [0.29, 0.717) is 5.75 Å². The summed E-state index contributed by atoms with van der Waals surface area (Å²) in [5, 5.41) is 2.85. The Morgan fingerprint density at radius 2 is 2.57 bits per heavy atom. The highest BCUT2D eigenvalue weighted by molar-refractivity contribution is 7.92. The van der Waals surface area contributed by atoms with E-state index in [2.05, 4.69) is 5.32 Å². The fourth-order valence-electron chi connectivity index (χ4n) is 0.522. The van der Waals surface area contributed by atoms with E-state index < -0.39 is 11.2 Å². The quantitative estimate of drug-likeness (QED) is 0.386. The second-order valence-corrected chi connectivity index (χ2v) is 3.14. The highest BCUT2D eigenvalue weighted by atomic mass is 32.2. The van der Waals surface area contributed by atoms with E-state index in [1.807, 2.05) is 0 Å². The van der Waals surface area contributed by atoms with E-state index in [9.17, 15) is 4.55 Å². The monoisotopic (exact) mass is 120 g/mol. The van der Waals surface area contributed by atoms with Crippen LogP contribution in [-0.2, 0) is 11.2 Å². The predicted molar refractivity (Wildman–Crippen MR) is 29.0 cm³/mol. The Balaban J connectivity index is 2.33. The maximum atomic E-state index is 10.5. The minimum atomic E-state index is -0.801. The summed E-state index contributed by atoms with van der Waals surface area (Å²) in [4.78, 5) is 0. The van der Waals surface area contributed by atoms with Gasteiger partial charge in [-0.25, -0.2) is 0 Å². The van der Waals surface area contributed by atoms with Crippen molar-refractivity contribution in [3.05, 3.63) is 0 Å². The number of rotatable bonds is 0. The van der Waals surface area contributed by atoms with Crippen LogP contribution in [0.5, 0.6) is 0 Å². The molecule has 0 aromatic heterocycles. The molecule has 1 aliphatic rings. The molecule has 1 aliphatic heterocycles. The van der Waals surface area contributed by atoms with E-state index in [0.717, 1.165) is 6.54 Å². The van der Waals surface area contributed by atoms with Crippen molar-refractivity contribution in [2.45, 2.75) is 5.50 Å². The molecule has 0 spiro atoms. The Labute approximate surface area is 45.4 Å².